The maximum atomic E-state index is 11.2. The van der Waals surface area contributed by atoms with Crippen LogP contribution in [0.25, 0.3) is 0 Å². The van der Waals surface area contributed by atoms with E-state index in [0.29, 0.717) is 19.0 Å². The Hall–Kier alpha value is -0.570. The lowest BCUT2D eigenvalue weighted by Gasteiger charge is -2.59. The molecule has 3 unspecified atom stereocenters. The molecule has 6 nitrogen and oxygen atoms in total. The van der Waals surface area contributed by atoms with Crippen molar-refractivity contribution in [3.8, 4) is 0 Å². The molecule has 7 heteroatoms. The van der Waals surface area contributed by atoms with Crippen molar-refractivity contribution >= 4 is 35.8 Å². The minimum absolute atomic E-state index is 0. The van der Waals surface area contributed by atoms with Gasteiger partial charge in [-0.3, -0.25) is 9.79 Å². The van der Waals surface area contributed by atoms with Crippen molar-refractivity contribution in [2.24, 2.45) is 10.4 Å². The highest BCUT2D eigenvalue weighted by Gasteiger charge is 2.58. The number of halogens is 1. The first-order valence-corrected chi connectivity index (χ1v) is 8.21. The Morgan fingerprint density at radius 3 is 2.57 bits per heavy atom. The topological polar surface area (TPSA) is 74.8 Å². The number of aliphatic imine (C=N–C) groups is 1. The molecule has 1 heterocycles. The molecule has 3 atom stereocenters. The molecule has 0 bridgehead atoms. The number of hydrogen-bond donors (Lipinski definition) is 3. The van der Waals surface area contributed by atoms with Gasteiger partial charge in [-0.2, -0.15) is 0 Å². The number of carbonyl (C=O) groups excluding carboxylic acids is 1. The molecule has 2 fully saturated rings. The van der Waals surface area contributed by atoms with Gasteiger partial charge in [0.2, 0.25) is 5.91 Å². The molecule has 1 saturated heterocycles. The molecule has 0 spiro atoms. The Balaban J connectivity index is 0.00000264. The van der Waals surface area contributed by atoms with E-state index in [4.69, 9.17) is 4.74 Å². The molecule has 23 heavy (non-hydrogen) atoms. The van der Waals surface area contributed by atoms with Gasteiger partial charge >= 0.3 is 0 Å². The van der Waals surface area contributed by atoms with Crippen molar-refractivity contribution in [1.29, 1.82) is 0 Å². The Morgan fingerprint density at radius 2 is 2.09 bits per heavy atom. The predicted octanol–water partition coefficient (Wildman–Crippen LogP) is 1.64. The summed E-state index contributed by atoms with van der Waals surface area (Å²) in [5.41, 5.74) is -0.0560. The fourth-order valence-corrected chi connectivity index (χ4v) is 3.23. The third-order valence-corrected chi connectivity index (χ3v) is 5.51. The van der Waals surface area contributed by atoms with Gasteiger partial charge in [0.25, 0.3) is 0 Å². The first-order chi connectivity index (χ1) is 10.3. The third-order valence-electron chi connectivity index (χ3n) is 5.51. The van der Waals surface area contributed by atoms with Crippen LogP contribution in [-0.2, 0) is 9.53 Å². The quantitative estimate of drug-likeness (QED) is 0.355. The zero-order valence-corrected chi connectivity index (χ0v) is 17.2. The zero-order chi connectivity index (χ0) is 16.4. The number of amides is 1. The SMILES string of the molecule is CCN=C(NC1CCC(=O)NC1)NC1CC(C)(OC)C1(C)C.I. The molecule has 2 rings (SSSR count). The molecular formula is C16H31IN4O2. The van der Waals surface area contributed by atoms with Crippen LogP contribution in [0.15, 0.2) is 4.99 Å². The van der Waals surface area contributed by atoms with Crippen LogP contribution in [0.2, 0.25) is 0 Å². The normalized spacial score (nSPS) is 33.1. The predicted molar refractivity (Wildman–Crippen MR) is 103 cm³/mol. The van der Waals surface area contributed by atoms with Gasteiger partial charge in [-0.25, -0.2) is 0 Å². The van der Waals surface area contributed by atoms with Crippen molar-refractivity contribution in [2.45, 2.75) is 64.6 Å². The van der Waals surface area contributed by atoms with Crippen molar-refractivity contribution in [3.63, 3.8) is 0 Å². The number of nitrogens with zero attached hydrogens (tertiary/aromatic N) is 1. The van der Waals surface area contributed by atoms with E-state index in [1.807, 2.05) is 6.92 Å². The number of carbonyl (C=O) groups is 1. The van der Waals surface area contributed by atoms with Crippen LogP contribution in [0.4, 0.5) is 0 Å². The Morgan fingerprint density at radius 1 is 1.39 bits per heavy atom. The van der Waals surface area contributed by atoms with E-state index in [2.05, 4.69) is 41.7 Å². The Labute approximate surface area is 156 Å². The minimum Gasteiger partial charge on any atom is -0.378 e. The maximum Gasteiger partial charge on any atom is 0.220 e. The number of nitrogens with one attached hydrogen (secondary N) is 3. The fraction of sp³-hybridized carbons (Fsp3) is 0.875. The summed E-state index contributed by atoms with van der Waals surface area (Å²) in [6.45, 7) is 10.0. The number of methoxy groups -OCH3 is 1. The van der Waals surface area contributed by atoms with Crippen LogP contribution >= 0.6 is 24.0 Å². The largest absolute Gasteiger partial charge is 0.378 e. The third kappa shape index (κ3) is 4.29. The van der Waals surface area contributed by atoms with Crippen molar-refractivity contribution in [1.82, 2.24) is 16.0 Å². The molecule has 1 amide bonds. The standard InChI is InChI=1S/C16H30N4O2.HI/c1-6-17-14(19-11-7-8-13(21)18-10-11)20-12-9-16(4,22-5)15(12,2)3;/h11-12H,6-10H2,1-5H3,(H,18,21)(H2,17,19,20);1H. The summed E-state index contributed by atoms with van der Waals surface area (Å²) in [5, 5.41) is 9.88. The number of ether oxygens (including phenoxy) is 1. The molecule has 0 aromatic carbocycles. The first-order valence-electron chi connectivity index (χ1n) is 8.21. The van der Waals surface area contributed by atoms with Gasteiger partial charge in [-0.1, -0.05) is 13.8 Å². The molecule has 134 valence electrons. The van der Waals surface area contributed by atoms with Gasteiger partial charge in [0.05, 0.1) is 5.60 Å². The molecular weight excluding hydrogens is 407 g/mol. The molecule has 3 N–H and O–H groups in total. The molecule has 2 aliphatic rings. The monoisotopic (exact) mass is 438 g/mol. The fourth-order valence-electron chi connectivity index (χ4n) is 3.23. The van der Waals surface area contributed by atoms with E-state index in [0.717, 1.165) is 25.3 Å². The van der Waals surface area contributed by atoms with Crippen LogP contribution in [0.3, 0.4) is 0 Å². The second-order valence-corrected chi connectivity index (χ2v) is 7.06. The highest BCUT2D eigenvalue weighted by Crippen LogP contribution is 2.51. The number of hydrogen-bond acceptors (Lipinski definition) is 3. The highest BCUT2D eigenvalue weighted by molar-refractivity contribution is 14.0. The van der Waals surface area contributed by atoms with Crippen LogP contribution in [0.5, 0.6) is 0 Å². The van der Waals surface area contributed by atoms with E-state index in [1.54, 1.807) is 7.11 Å². The van der Waals surface area contributed by atoms with Gasteiger partial charge in [0, 0.05) is 44.1 Å². The average molecular weight is 438 g/mol. The lowest BCUT2D eigenvalue weighted by Crippen LogP contribution is -2.70. The smallest absolute Gasteiger partial charge is 0.220 e. The molecule has 1 saturated carbocycles. The summed E-state index contributed by atoms with van der Waals surface area (Å²) in [4.78, 5) is 15.8. The Bertz CT molecular complexity index is 445. The van der Waals surface area contributed by atoms with Crippen molar-refractivity contribution in [3.05, 3.63) is 0 Å². The molecule has 1 aliphatic heterocycles. The summed E-state index contributed by atoms with van der Waals surface area (Å²) in [7, 11) is 1.78. The number of piperidine rings is 1. The summed E-state index contributed by atoms with van der Waals surface area (Å²) in [6, 6.07) is 0.570. The van der Waals surface area contributed by atoms with Gasteiger partial charge in [-0.05, 0) is 26.7 Å². The van der Waals surface area contributed by atoms with Crippen LogP contribution < -0.4 is 16.0 Å². The lowest BCUT2D eigenvalue weighted by atomic mass is 9.56. The van der Waals surface area contributed by atoms with Crippen molar-refractivity contribution in [2.75, 3.05) is 20.2 Å². The summed E-state index contributed by atoms with van der Waals surface area (Å²) in [5.74, 6) is 0.968. The van der Waals surface area contributed by atoms with Crippen LogP contribution in [0, 0.1) is 5.41 Å². The zero-order valence-electron chi connectivity index (χ0n) is 14.9. The second kappa shape index (κ2) is 8.00. The maximum absolute atomic E-state index is 11.2. The van der Waals surface area contributed by atoms with E-state index >= 15 is 0 Å². The van der Waals surface area contributed by atoms with Crippen molar-refractivity contribution < 1.29 is 9.53 Å². The number of guanidine groups is 1. The highest BCUT2D eigenvalue weighted by atomic mass is 127. The van der Waals surface area contributed by atoms with Crippen LogP contribution in [0.1, 0.15) is 47.0 Å². The van der Waals surface area contributed by atoms with E-state index < -0.39 is 0 Å². The molecule has 0 radical (unpaired) electrons. The minimum atomic E-state index is -0.0964. The summed E-state index contributed by atoms with van der Waals surface area (Å²) >= 11 is 0. The number of rotatable bonds is 4. The lowest BCUT2D eigenvalue weighted by molar-refractivity contribution is -0.176. The van der Waals surface area contributed by atoms with E-state index in [-0.39, 0.29) is 46.9 Å². The molecule has 0 aromatic rings. The van der Waals surface area contributed by atoms with Gasteiger partial charge < -0.3 is 20.7 Å². The van der Waals surface area contributed by atoms with E-state index in [9.17, 15) is 4.79 Å². The summed E-state index contributed by atoms with van der Waals surface area (Å²) in [6.07, 6.45) is 2.39. The molecule has 0 aromatic heterocycles. The van der Waals surface area contributed by atoms with Gasteiger partial charge in [0.15, 0.2) is 5.96 Å². The molecule has 1 aliphatic carbocycles. The van der Waals surface area contributed by atoms with Gasteiger partial charge in [-0.15, -0.1) is 24.0 Å². The Kier molecular flexibility index (Phi) is 7.12. The van der Waals surface area contributed by atoms with Gasteiger partial charge in [0.1, 0.15) is 0 Å². The summed E-state index contributed by atoms with van der Waals surface area (Å²) < 4.78 is 5.67. The first kappa shape index (κ1) is 20.5. The van der Waals surface area contributed by atoms with E-state index in [1.165, 1.54) is 0 Å². The average Bonchev–Trinajstić information content (AvgIpc) is 2.49. The second-order valence-electron chi connectivity index (χ2n) is 7.06. The van der Waals surface area contributed by atoms with Crippen LogP contribution in [-0.4, -0.2) is 49.8 Å².